The van der Waals surface area contributed by atoms with Gasteiger partial charge in [0, 0.05) is 23.9 Å². The highest BCUT2D eigenvalue weighted by molar-refractivity contribution is 6.53. The molecule has 2 aliphatic rings. The summed E-state index contributed by atoms with van der Waals surface area (Å²) < 4.78 is 13.7. The Balaban J connectivity index is 1.59. The minimum Gasteiger partial charge on any atom is -0.454 e. The molecule has 0 atom stereocenters. The van der Waals surface area contributed by atoms with Crippen LogP contribution in [0.5, 0.6) is 11.5 Å². The smallest absolute Gasteiger partial charge is 0.331 e. The fourth-order valence-electron chi connectivity index (χ4n) is 4.71. The molecule has 6 rings (SSSR count). The van der Waals surface area contributed by atoms with E-state index in [0.29, 0.717) is 33.6 Å². The quantitative estimate of drug-likeness (QED) is 0.283. The summed E-state index contributed by atoms with van der Waals surface area (Å²) in [7, 11) is 0. The fourth-order valence-corrected chi connectivity index (χ4v) is 5.00. The first-order valence-electron chi connectivity index (χ1n) is 12.1. The Morgan fingerprint density at radius 2 is 1.59 bits per heavy atom. The maximum absolute atomic E-state index is 14.1. The van der Waals surface area contributed by atoms with Gasteiger partial charge in [-0.05, 0) is 36.2 Å². The third-order valence-corrected chi connectivity index (χ3v) is 7.29. The van der Waals surface area contributed by atoms with Gasteiger partial charge in [0.25, 0.3) is 17.2 Å². The Labute approximate surface area is 232 Å². The van der Waals surface area contributed by atoms with E-state index in [1.165, 1.54) is 4.68 Å². The molecule has 196 valence electrons. The Kier molecular flexibility index (Phi) is 6.05. The van der Waals surface area contributed by atoms with E-state index in [2.05, 4.69) is 5.10 Å². The van der Waals surface area contributed by atoms with Crippen molar-refractivity contribution in [1.82, 2.24) is 9.78 Å². The number of imide groups is 1. The summed E-state index contributed by atoms with van der Waals surface area (Å²) in [6, 6.07) is 14.9. The molecule has 0 radical (unpaired) electrons. The predicted octanol–water partition coefficient (Wildman–Crippen LogP) is 4.55. The van der Waals surface area contributed by atoms with Crippen LogP contribution in [0, 0.1) is 0 Å². The highest BCUT2D eigenvalue weighted by Gasteiger charge is 2.48. The Morgan fingerprint density at radius 3 is 2.31 bits per heavy atom. The minimum atomic E-state index is -0.635. The van der Waals surface area contributed by atoms with Crippen molar-refractivity contribution in [3.05, 3.63) is 98.6 Å². The molecule has 4 aromatic rings. The third kappa shape index (κ3) is 4.02. The van der Waals surface area contributed by atoms with Gasteiger partial charge in [-0.25, -0.2) is 9.58 Å². The number of benzene rings is 2. The number of H-pyrrole nitrogens is 1. The van der Waals surface area contributed by atoms with Crippen molar-refractivity contribution in [3.8, 4) is 17.2 Å². The lowest BCUT2D eigenvalue weighted by atomic mass is 9.98. The molecule has 0 unspecified atom stereocenters. The first-order valence-corrected chi connectivity index (χ1v) is 12.8. The van der Waals surface area contributed by atoms with Crippen LogP contribution < -0.4 is 24.5 Å². The van der Waals surface area contributed by atoms with E-state index < -0.39 is 17.4 Å². The Hall–Kier alpha value is -4.34. The van der Waals surface area contributed by atoms with E-state index in [1.54, 1.807) is 71.6 Å². The number of fused-ring (bicyclic) bond motifs is 1. The molecule has 2 aromatic heterocycles. The van der Waals surface area contributed by atoms with Crippen LogP contribution in [-0.2, 0) is 9.59 Å². The molecule has 0 aliphatic carbocycles. The second-order valence-corrected chi connectivity index (χ2v) is 10.1. The number of ether oxygens (including phenoxy) is 2. The summed E-state index contributed by atoms with van der Waals surface area (Å²) >= 11 is 12.3. The fraction of sp³-hybridized carbons (Fsp3) is 0.143. The molecule has 0 spiro atoms. The Bertz CT molecular complexity index is 1760. The van der Waals surface area contributed by atoms with E-state index in [4.69, 9.17) is 32.7 Å². The van der Waals surface area contributed by atoms with Crippen molar-refractivity contribution in [2.45, 2.75) is 19.8 Å². The van der Waals surface area contributed by atoms with Gasteiger partial charge in [0.2, 0.25) is 6.79 Å². The van der Waals surface area contributed by atoms with Gasteiger partial charge in [0.1, 0.15) is 5.57 Å². The van der Waals surface area contributed by atoms with Crippen LogP contribution in [0.25, 0.3) is 17.0 Å². The standard InChI is InChI=1S/C28H20Cl2N4O5/c1-15(2)24-22(27(36)34(31-24)17-6-8-18(29)19(30)12-17)23-25(32-10-4-3-5-11-32)28(37)33(26(23)35)16-7-9-20-21(13-16)39-14-38-20/h3-13,15H,14H2,1-2H3/p+1. The number of halogens is 2. The van der Waals surface area contributed by atoms with Gasteiger partial charge in [0.05, 0.1) is 27.0 Å². The average Bonchev–Trinajstić information content (AvgIpc) is 3.59. The number of amides is 2. The number of nitrogens with zero attached hydrogens (tertiary/aromatic N) is 3. The van der Waals surface area contributed by atoms with Crippen molar-refractivity contribution in [2.24, 2.45) is 0 Å². The number of pyridine rings is 1. The summed E-state index contributed by atoms with van der Waals surface area (Å²) in [6.45, 7) is 3.83. The number of hydrogen-bond acceptors (Lipinski definition) is 5. The number of carbonyl (C=O) groups is 2. The topological polar surface area (TPSA) is 97.5 Å². The molecule has 1 N–H and O–H groups in total. The van der Waals surface area contributed by atoms with Gasteiger partial charge in [-0.2, -0.15) is 4.57 Å². The number of carbonyl (C=O) groups excluding carboxylic acids is 2. The first-order chi connectivity index (χ1) is 18.8. The molecule has 4 heterocycles. The summed E-state index contributed by atoms with van der Waals surface area (Å²) in [4.78, 5) is 43.1. The monoisotopic (exact) mass is 563 g/mol. The van der Waals surface area contributed by atoms with Crippen molar-refractivity contribution in [2.75, 3.05) is 11.7 Å². The van der Waals surface area contributed by atoms with Crippen molar-refractivity contribution in [1.29, 1.82) is 0 Å². The van der Waals surface area contributed by atoms with E-state index in [9.17, 15) is 14.4 Å². The molecule has 2 aliphatic heterocycles. The summed E-state index contributed by atoms with van der Waals surface area (Å²) in [5.41, 5.74) is 0.851. The van der Waals surface area contributed by atoms with Crippen molar-refractivity contribution in [3.63, 3.8) is 0 Å². The second-order valence-electron chi connectivity index (χ2n) is 9.28. The van der Waals surface area contributed by atoms with E-state index in [1.807, 2.05) is 13.8 Å². The van der Waals surface area contributed by atoms with Gasteiger partial charge in [-0.1, -0.05) is 43.1 Å². The van der Waals surface area contributed by atoms with Crippen LogP contribution >= 0.6 is 23.2 Å². The highest BCUT2D eigenvalue weighted by atomic mass is 35.5. The van der Waals surface area contributed by atoms with Crippen LogP contribution in [0.1, 0.15) is 31.0 Å². The first kappa shape index (κ1) is 25.0. The molecular weight excluding hydrogens is 543 g/mol. The van der Waals surface area contributed by atoms with Gasteiger partial charge < -0.3 is 9.47 Å². The number of aromatic amines is 1. The van der Waals surface area contributed by atoms with Crippen LogP contribution in [-0.4, -0.2) is 28.4 Å². The van der Waals surface area contributed by atoms with E-state index in [-0.39, 0.29) is 34.6 Å². The normalized spacial score (nSPS) is 14.7. The van der Waals surface area contributed by atoms with Crippen LogP contribution in [0.3, 0.4) is 0 Å². The molecule has 0 saturated heterocycles. The number of anilines is 1. The molecule has 0 fully saturated rings. The van der Waals surface area contributed by atoms with Gasteiger partial charge >= 0.3 is 5.91 Å². The van der Waals surface area contributed by atoms with Gasteiger partial charge in [-0.3, -0.25) is 19.5 Å². The molecule has 0 bridgehead atoms. The van der Waals surface area contributed by atoms with E-state index >= 15 is 0 Å². The molecule has 11 heteroatoms. The van der Waals surface area contributed by atoms with Crippen molar-refractivity contribution >= 4 is 52.0 Å². The minimum absolute atomic E-state index is 0.0161. The van der Waals surface area contributed by atoms with Gasteiger partial charge in [-0.15, -0.1) is 0 Å². The molecule has 0 saturated carbocycles. The molecular formula is C28H21Cl2N4O5+. The lowest BCUT2D eigenvalue weighted by molar-refractivity contribution is -0.576. The van der Waals surface area contributed by atoms with Crippen molar-refractivity contribution < 1.29 is 23.6 Å². The molecule has 2 amide bonds. The number of aromatic nitrogens is 3. The second kappa shape index (κ2) is 9.44. The lowest BCUT2D eigenvalue weighted by Gasteiger charge is -2.14. The zero-order valence-corrected chi connectivity index (χ0v) is 22.3. The molecule has 39 heavy (non-hydrogen) atoms. The zero-order valence-electron chi connectivity index (χ0n) is 20.8. The maximum Gasteiger partial charge on any atom is 0.331 e. The average molecular weight is 564 g/mol. The maximum atomic E-state index is 14.1. The van der Waals surface area contributed by atoms with Crippen LogP contribution in [0.15, 0.2) is 71.8 Å². The molecule has 9 nitrogen and oxygen atoms in total. The molecule has 2 aromatic carbocycles. The van der Waals surface area contributed by atoms with Gasteiger partial charge in [0.15, 0.2) is 23.9 Å². The zero-order chi connectivity index (χ0) is 27.4. The predicted molar refractivity (Wildman–Crippen MR) is 145 cm³/mol. The SMILES string of the molecule is CC(C)c1[nH]n(-c2ccc(Cl)c(Cl)c2)c(=O)c1C1=C([n+]2ccccc2)C(=O)N(c2ccc3c(c2)OCO3)C1=O. The number of nitrogens with one attached hydrogen (secondary N) is 1. The summed E-state index contributed by atoms with van der Waals surface area (Å²) in [5.74, 6) is -0.484. The Morgan fingerprint density at radius 1 is 0.872 bits per heavy atom. The number of hydrogen-bond donors (Lipinski definition) is 1. The van der Waals surface area contributed by atoms with Crippen LogP contribution in [0.2, 0.25) is 10.0 Å². The highest BCUT2D eigenvalue weighted by Crippen LogP contribution is 2.40. The van der Waals surface area contributed by atoms with Crippen LogP contribution in [0.4, 0.5) is 5.69 Å². The summed E-state index contributed by atoms with van der Waals surface area (Å²) in [6.07, 6.45) is 3.31. The number of rotatable bonds is 5. The third-order valence-electron chi connectivity index (χ3n) is 6.55. The lowest BCUT2D eigenvalue weighted by Crippen LogP contribution is -2.39. The summed E-state index contributed by atoms with van der Waals surface area (Å²) in [5, 5.41) is 3.73. The largest absolute Gasteiger partial charge is 0.454 e. The van der Waals surface area contributed by atoms with E-state index in [0.717, 1.165) is 4.90 Å².